The molecule has 1 aromatic carbocycles. The van der Waals surface area contributed by atoms with Crippen LogP contribution in [0.2, 0.25) is 0 Å². The number of hydrogen-bond donors (Lipinski definition) is 0. The zero-order valence-electron chi connectivity index (χ0n) is 14.4. The molecular formula is C17H18F6N2OS. The number of hydrogen-bond acceptors (Lipinski definition) is 3. The number of para-hydroxylation sites is 1. The summed E-state index contributed by atoms with van der Waals surface area (Å²) in [4.78, 5) is 16.2. The Balaban J connectivity index is 1.82. The minimum Gasteiger partial charge on any atom is -0.309 e. The van der Waals surface area contributed by atoms with Crippen molar-refractivity contribution in [2.24, 2.45) is 5.41 Å². The fourth-order valence-electron chi connectivity index (χ4n) is 3.57. The molecule has 0 spiro atoms. The first-order valence-electron chi connectivity index (χ1n) is 8.39. The first kappa shape index (κ1) is 20.3. The van der Waals surface area contributed by atoms with E-state index in [0.717, 1.165) is 9.80 Å². The van der Waals surface area contributed by atoms with E-state index in [1.165, 1.54) is 11.8 Å². The summed E-state index contributed by atoms with van der Waals surface area (Å²) in [6, 6.07) is 6.03. The molecule has 0 bridgehead atoms. The number of halogens is 6. The Hall–Kier alpha value is -1.42. The van der Waals surface area contributed by atoms with Gasteiger partial charge in [0.2, 0.25) is 5.91 Å². The smallest absolute Gasteiger partial charge is 0.309 e. The summed E-state index contributed by atoms with van der Waals surface area (Å²) < 4.78 is 79.5. The average Bonchev–Trinajstić information content (AvgIpc) is 3.07. The zero-order chi connectivity index (χ0) is 20.0. The van der Waals surface area contributed by atoms with E-state index in [2.05, 4.69) is 0 Å². The highest BCUT2D eigenvalue weighted by atomic mass is 32.2. The lowest BCUT2D eigenvalue weighted by atomic mass is 9.85. The second-order valence-corrected chi connectivity index (χ2v) is 7.92. The number of carbonyl (C=O) groups is 1. The number of carbonyl (C=O) groups excluding carboxylic acids is 1. The Morgan fingerprint density at radius 1 is 1.11 bits per heavy atom. The molecule has 1 atom stereocenters. The molecule has 2 heterocycles. The van der Waals surface area contributed by atoms with Gasteiger partial charge in [0.1, 0.15) is 0 Å². The number of alkyl halides is 6. The van der Waals surface area contributed by atoms with Gasteiger partial charge < -0.3 is 4.90 Å². The maximum absolute atomic E-state index is 13.3. The van der Waals surface area contributed by atoms with Crippen LogP contribution in [0.5, 0.6) is 0 Å². The predicted octanol–water partition coefficient (Wildman–Crippen LogP) is 4.33. The standard InChI is InChI=1S/C17H18F6N2OS/c1-11(14(26)25-8-9-27-13-5-3-2-4-12(13)25)24-7-6-15(10-24,16(18,19)20)17(21,22)23/h2-5,11H,6-10H2,1H3. The van der Waals surface area contributed by atoms with Crippen LogP contribution in [0.1, 0.15) is 13.3 Å². The van der Waals surface area contributed by atoms with Crippen molar-refractivity contribution in [2.45, 2.75) is 36.6 Å². The third kappa shape index (κ3) is 3.41. The number of thioether (sulfide) groups is 1. The van der Waals surface area contributed by atoms with Crippen molar-refractivity contribution in [3.8, 4) is 0 Å². The monoisotopic (exact) mass is 412 g/mol. The second kappa shape index (κ2) is 6.88. The Morgan fingerprint density at radius 3 is 2.33 bits per heavy atom. The van der Waals surface area contributed by atoms with Crippen molar-refractivity contribution in [3.63, 3.8) is 0 Å². The van der Waals surface area contributed by atoms with Gasteiger partial charge >= 0.3 is 12.4 Å². The third-order valence-corrected chi connectivity index (χ3v) is 6.33. The van der Waals surface area contributed by atoms with Crippen molar-refractivity contribution >= 4 is 23.4 Å². The summed E-state index contributed by atoms with van der Waals surface area (Å²) in [7, 11) is 0. The molecule has 1 amide bonds. The fraction of sp³-hybridized carbons (Fsp3) is 0.588. The van der Waals surface area contributed by atoms with Gasteiger partial charge in [-0.1, -0.05) is 12.1 Å². The average molecular weight is 412 g/mol. The summed E-state index contributed by atoms with van der Waals surface area (Å²) in [5, 5.41) is 0. The largest absolute Gasteiger partial charge is 0.404 e. The van der Waals surface area contributed by atoms with E-state index < -0.39 is 49.2 Å². The van der Waals surface area contributed by atoms with Crippen LogP contribution in [0.3, 0.4) is 0 Å². The molecule has 2 aliphatic heterocycles. The topological polar surface area (TPSA) is 23.6 Å². The van der Waals surface area contributed by atoms with Gasteiger partial charge in [0.05, 0.1) is 11.7 Å². The maximum Gasteiger partial charge on any atom is 0.404 e. The minimum absolute atomic E-state index is 0.363. The van der Waals surface area contributed by atoms with Crippen LogP contribution < -0.4 is 4.90 Å². The molecule has 3 rings (SSSR count). The number of rotatable bonds is 2. The first-order valence-corrected chi connectivity index (χ1v) is 9.37. The quantitative estimate of drug-likeness (QED) is 0.676. The van der Waals surface area contributed by atoms with Crippen LogP contribution in [0.25, 0.3) is 0 Å². The van der Waals surface area contributed by atoms with E-state index >= 15 is 0 Å². The molecule has 1 fully saturated rings. The fourth-order valence-corrected chi connectivity index (χ4v) is 4.57. The highest BCUT2D eigenvalue weighted by molar-refractivity contribution is 7.99. The van der Waals surface area contributed by atoms with Gasteiger partial charge in [-0.15, -0.1) is 11.8 Å². The number of fused-ring (bicyclic) bond motifs is 1. The molecule has 1 unspecified atom stereocenters. The van der Waals surface area contributed by atoms with Crippen molar-refractivity contribution in [3.05, 3.63) is 24.3 Å². The van der Waals surface area contributed by atoms with Crippen LogP contribution in [-0.4, -0.2) is 54.6 Å². The molecule has 1 aromatic rings. The van der Waals surface area contributed by atoms with Crippen molar-refractivity contribution in [1.29, 1.82) is 0 Å². The van der Waals surface area contributed by atoms with E-state index in [0.29, 0.717) is 18.0 Å². The number of benzene rings is 1. The molecule has 10 heteroatoms. The number of likely N-dealkylation sites (tertiary alicyclic amines) is 1. The highest BCUT2D eigenvalue weighted by Crippen LogP contribution is 2.55. The number of anilines is 1. The summed E-state index contributed by atoms with van der Waals surface area (Å²) in [5.74, 6) is 0.132. The van der Waals surface area contributed by atoms with Crippen molar-refractivity contribution < 1.29 is 31.1 Å². The van der Waals surface area contributed by atoms with Crippen LogP contribution >= 0.6 is 11.8 Å². The van der Waals surface area contributed by atoms with Crippen molar-refractivity contribution in [2.75, 3.05) is 30.3 Å². The number of amides is 1. The van der Waals surface area contributed by atoms with Crippen LogP contribution in [-0.2, 0) is 4.79 Å². The second-order valence-electron chi connectivity index (χ2n) is 6.78. The van der Waals surface area contributed by atoms with E-state index in [-0.39, 0.29) is 0 Å². The van der Waals surface area contributed by atoms with E-state index in [9.17, 15) is 31.1 Å². The predicted molar refractivity (Wildman–Crippen MR) is 89.7 cm³/mol. The van der Waals surface area contributed by atoms with Gasteiger partial charge in [-0.05, 0) is 25.5 Å². The van der Waals surface area contributed by atoms with E-state index in [4.69, 9.17) is 0 Å². The molecule has 0 radical (unpaired) electrons. The lowest BCUT2D eigenvalue weighted by Crippen LogP contribution is -2.54. The van der Waals surface area contributed by atoms with Gasteiger partial charge in [-0.3, -0.25) is 9.69 Å². The van der Waals surface area contributed by atoms with Gasteiger partial charge in [0, 0.05) is 30.3 Å². The minimum atomic E-state index is -5.42. The summed E-state index contributed by atoms with van der Waals surface area (Å²) in [5.41, 5.74) is -3.15. The van der Waals surface area contributed by atoms with Gasteiger partial charge in [0.15, 0.2) is 5.41 Å². The maximum atomic E-state index is 13.3. The Morgan fingerprint density at radius 2 is 1.74 bits per heavy atom. The van der Waals surface area contributed by atoms with Crippen LogP contribution in [0, 0.1) is 5.41 Å². The Labute approximate surface area is 156 Å². The Bertz CT molecular complexity index is 706. The molecule has 0 aromatic heterocycles. The molecule has 1 saturated heterocycles. The molecular weight excluding hydrogens is 394 g/mol. The normalized spacial score (nSPS) is 21.8. The molecule has 2 aliphatic rings. The van der Waals surface area contributed by atoms with E-state index in [1.54, 1.807) is 23.9 Å². The summed E-state index contributed by atoms with van der Waals surface area (Å²) >= 11 is 1.56. The molecule has 0 saturated carbocycles. The van der Waals surface area contributed by atoms with Gasteiger partial charge in [-0.2, -0.15) is 26.3 Å². The van der Waals surface area contributed by atoms with E-state index in [1.807, 2.05) is 12.1 Å². The van der Waals surface area contributed by atoms with Gasteiger partial charge in [0.25, 0.3) is 0 Å². The molecule has 0 aliphatic carbocycles. The summed E-state index contributed by atoms with van der Waals surface area (Å²) in [6.07, 6.45) is -11.9. The zero-order valence-corrected chi connectivity index (χ0v) is 15.2. The van der Waals surface area contributed by atoms with Gasteiger partial charge in [-0.25, -0.2) is 0 Å². The van der Waals surface area contributed by atoms with Crippen LogP contribution in [0.15, 0.2) is 29.2 Å². The molecule has 0 N–H and O–H groups in total. The van der Waals surface area contributed by atoms with Crippen LogP contribution in [0.4, 0.5) is 32.0 Å². The van der Waals surface area contributed by atoms with Crippen molar-refractivity contribution in [1.82, 2.24) is 4.90 Å². The highest BCUT2D eigenvalue weighted by Gasteiger charge is 2.72. The molecule has 27 heavy (non-hydrogen) atoms. The third-order valence-electron chi connectivity index (χ3n) is 5.28. The molecule has 150 valence electrons. The molecule has 3 nitrogen and oxygen atoms in total. The SMILES string of the molecule is CC(C(=O)N1CCSc2ccccc21)N1CCC(C(F)(F)F)(C(F)(F)F)C1. The Kier molecular flexibility index (Phi) is 5.17. The lowest BCUT2D eigenvalue weighted by molar-refractivity contribution is -0.335. The first-order chi connectivity index (χ1) is 12.5. The summed E-state index contributed by atoms with van der Waals surface area (Å²) in [6.45, 7) is 0.0468. The number of nitrogens with zero attached hydrogens (tertiary/aromatic N) is 2. The lowest BCUT2D eigenvalue weighted by Gasteiger charge is -2.36.